The Balaban J connectivity index is 1.64. The Morgan fingerprint density at radius 1 is 0.929 bits per heavy atom. The van der Waals surface area contributed by atoms with Gasteiger partial charge in [0, 0.05) is 13.0 Å². The second-order valence-corrected chi connectivity index (χ2v) is 7.83. The third kappa shape index (κ3) is 7.21. The van der Waals surface area contributed by atoms with E-state index in [1.807, 2.05) is 26.0 Å². The highest BCUT2D eigenvalue weighted by Crippen LogP contribution is 2.17. The zero-order valence-electron chi connectivity index (χ0n) is 16.1. The summed E-state index contributed by atoms with van der Waals surface area (Å²) in [6.45, 7) is 5.08. The molecule has 0 aliphatic carbocycles. The molecule has 2 N–H and O–H groups in total. The average Bonchev–Trinajstić information content (AvgIpc) is 2.67. The SMILES string of the molecule is CCOc1ccc(OCCNC(=O)CCNS(=O)(=O)c2ccc(C)cc2)cc1. The molecule has 7 nitrogen and oxygen atoms in total. The largest absolute Gasteiger partial charge is 0.494 e. The fraction of sp³-hybridized carbons (Fsp3) is 0.350. The van der Waals surface area contributed by atoms with E-state index in [9.17, 15) is 13.2 Å². The number of nitrogens with one attached hydrogen (secondary N) is 2. The fourth-order valence-electron chi connectivity index (χ4n) is 2.35. The second kappa shape index (κ2) is 10.7. The van der Waals surface area contributed by atoms with Crippen molar-refractivity contribution in [2.24, 2.45) is 0 Å². The van der Waals surface area contributed by atoms with Gasteiger partial charge < -0.3 is 14.8 Å². The van der Waals surface area contributed by atoms with Gasteiger partial charge in [0.25, 0.3) is 0 Å². The average molecular weight is 407 g/mol. The van der Waals surface area contributed by atoms with Crippen LogP contribution in [0.25, 0.3) is 0 Å². The molecule has 0 saturated heterocycles. The summed E-state index contributed by atoms with van der Waals surface area (Å²) < 4.78 is 37.6. The minimum atomic E-state index is -3.61. The fourth-order valence-corrected chi connectivity index (χ4v) is 3.38. The lowest BCUT2D eigenvalue weighted by molar-refractivity contribution is -0.121. The highest BCUT2D eigenvalue weighted by molar-refractivity contribution is 7.89. The maximum absolute atomic E-state index is 12.1. The summed E-state index contributed by atoms with van der Waals surface area (Å²) in [6, 6.07) is 13.8. The minimum Gasteiger partial charge on any atom is -0.494 e. The third-order valence-corrected chi connectivity index (χ3v) is 5.28. The minimum absolute atomic E-state index is 0.0296. The first-order valence-corrected chi connectivity index (χ1v) is 10.6. The van der Waals surface area contributed by atoms with Gasteiger partial charge in [0.05, 0.1) is 18.0 Å². The number of sulfonamides is 1. The van der Waals surface area contributed by atoms with Gasteiger partial charge in [-0.25, -0.2) is 13.1 Å². The molecule has 2 aromatic rings. The van der Waals surface area contributed by atoms with Gasteiger partial charge in [-0.05, 0) is 50.2 Å². The Morgan fingerprint density at radius 3 is 2.14 bits per heavy atom. The highest BCUT2D eigenvalue weighted by atomic mass is 32.2. The Labute approximate surface area is 166 Å². The van der Waals surface area contributed by atoms with Crippen molar-refractivity contribution >= 4 is 15.9 Å². The van der Waals surface area contributed by atoms with Crippen molar-refractivity contribution in [1.29, 1.82) is 0 Å². The predicted molar refractivity (Wildman–Crippen MR) is 107 cm³/mol. The van der Waals surface area contributed by atoms with E-state index >= 15 is 0 Å². The number of amides is 1. The van der Waals surface area contributed by atoms with Gasteiger partial charge in [-0.2, -0.15) is 0 Å². The zero-order chi connectivity index (χ0) is 20.4. The van der Waals surface area contributed by atoms with E-state index in [2.05, 4.69) is 10.0 Å². The number of aryl methyl sites for hydroxylation is 1. The molecule has 8 heteroatoms. The van der Waals surface area contributed by atoms with Crippen LogP contribution in [0.4, 0.5) is 0 Å². The van der Waals surface area contributed by atoms with Gasteiger partial charge >= 0.3 is 0 Å². The van der Waals surface area contributed by atoms with Crippen LogP contribution in [0.1, 0.15) is 18.9 Å². The molecule has 0 bridgehead atoms. The number of rotatable bonds is 11. The molecule has 0 unspecified atom stereocenters. The van der Waals surface area contributed by atoms with Crippen LogP contribution in [0, 0.1) is 6.92 Å². The third-order valence-electron chi connectivity index (χ3n) is 3.80. The molecule has 2 rings (SSSR count). The Kier molecular flexibility index (Phi) is 8.28. The van der Waals surface area contributed by atoms with Crippen LogP contribution >= 0.6 is 0 Å². The lowest BCUT2D eigenvalue weighted by atomic mass is 10.2. The van der Waals surface area contributed by atoms with Crippen LogP contribution < -0.4 is 19.5 Å². The van der Waals surface area contributed by atoms with E-state index < -0.39 is 10.0 Å². The monoisotopic (exact) mass is 406 g/mol. The smallest absolute Gasteiger partial charge is 0.240 e. The van der Waals surface area contributed by atoms with Crippen molar-refractivity contribution in [2.75, 3.05) is 26.3 Å². The molecule has 0 heterocycles. The van der Waals surface area contributed by atoms with Crippen LogP contribution in [0.2, 0.25) is 0 Å². The molecule has 2 aromatic carbocycles. The van der Waals surface area contributed by atoms with E-state index in [-0.39, 0.29) is 23.8 Å². The van der Waals surface area contributed by atoms with Crippen molar-refractivity contribution in [2.45, 2.75) is 25.2 Å². The Bertz CT molecular complexity index is 849. The summed E-state index contributed by atoms with van der Waals surface area (Å²) in [6.07, 6.45) is 0.0497. The van der Waals surface area contributed by atoms with Crippen molar-refractivity contribution in [3.05, 3.63) is 54.1 Å². The van der Waals surface area contributed by atoms with Crippen molar-refractivity contribution in [3.8, 4) is 11.5 Å². The normalized spacial score (nSPS) is 11.1. The van der Waals surface area contributed by atoms with Crippen molar-refractivity contribution in [3.63, 3.8) is 0 Å². The molecule has 0 fully saturated rings. The molecule has 0 aliphatic rings. The van der Waals surface area contributed by atoms with E-state index in [4.69, 9.17) is 9.47 Å². The van der Waals surface area contributed by atoms with E-state index in [1.165, 1.54) is 12.1 Å². The first-order chi connectivity index (χ1) is 13.4. The predicted octanol–water partition coefficient (Wildman–Crippen LogP) is 2.26. The zero-order valence-corrected chi connectivity index (χ0v) is 16.9. The molecule has 0 atom stereocenters. The van der Waals surface area contributed by atoms with Gasteiger partial charge in [0.15, 0.2) is 0 Å². The number of hydrogen-bond acceptors (Lipinski definition) is 5. The van der Waals surface area contributed by atoms with Gasteiger partial charge in [0.2, 0.25) is 15.9 Å². The summed E-state index contributed by atoms with van der Waals surface area (Å²) in [5.74, 6) is 1.21. The quantitative estimate of drug-likeness (QED) is 0.558. The first kappa shape index (κ1) is 21.7. The summed E-state index contributed by atoms with van der Waals surface area (Å²) in [5, 5.41) is 2.69. The molecule has 28 heavy (non-hydrogen) atoms. The van der Waals surface area contributed by atoms with Gasteiger partial charge in [-0.3, -0.25) is 4.79 Å². The maximum atomic E-state index is 12.1. The number of carbonyl (C=O) groups is 1. The summed E-state index contributed by atoms with van der Waals surface area (Å²) in [5.41, 5.74) is 0.978. The molecule has 0 aromatic heterocycles. The summed E-state index contributed by atoms with van der Waals surface area (Å²) in [4.78, 5) is 12.0. The number of ether oxygens (including phenoxy) is 2. The molecule has 0 aliphatic heterocycles. The van der Waals surface area contributed by atoms with Gasteiger partial charge in [-0.1, -0.05) is 17.7 Å². The molecule has 0 saturated carbocycles. The Hall–Kier alpha value is -2.58. The van der Waals surface area contributed by atoms with Crippen molar-refractivity contribution in [1.82, 2.24) is 10.0 Å². The van der Waals surface area contributed by atoms with Gasteiger partial charge in [0.1, 0.15) is 18.1 Å². The van der Waals surface area contributed by atoms with Crippen LogP contribution in [-0.4, -0.2) is 40.6 Å². The number of hydrogen-bond donors (Lipinski definition) is 2. The van der Waals surface area contributed by atoms with E-state index in [0.29, 0.717) is 25.5 Å². The van der Waals surface area contributed by atoms with Gasteiger partial charge in [-0.15, -0.1) is 0 Å². The summed E-state index contributed by atoms with van der Waals surface area (Å²) in [7, 11) is -3.61. The van der Waals surface area contributed by atoms with Crippen LogP contribution in [-0.2, 0) is 14.8 Å². The highest BCUT2D eigenvalue weighted by Gasteiger charge is 2.13. The molecular formula is C20H26N2O5S. The lowest BCUT2D eigenvalue weighted by Crippen LogP contribution is -2.32. The molecule has 1 amide bonds. The van der Waals surface area contributed by atoms with Crippen LogP contribution in [0.15, 0.2) is 53.4 Å². The molecule has 0 radical (unpaired) electrons. The molecular weight excluding hydrogens is 380 g/mol. The van der Waals surface area contributed by atoms with Crippen LogP contribution in [0.3, 0.4) is 0 Å². The van der Waals surface area contributed by atoms with E-state index in [0.717, 1.165) is 11.3 Å². The van der Waals surface area contributed by atoms with Crippen molar-refractivity contribution < 1.29 is 22.7 Å². The first-order valence-electron chi connectivity index (χ1n) is 9.09. The number of benzene rings is 2. The summed E-state index contributed by atoms with van der Waals surface area (Å²) >= 11 is 0. The second-order valence-electron chi connectivity index (χ2n) is 6.06. The van der Waals surface area contributed by atoms with E-state index in [1.54, 1.807) is 24.3 Å². The molecule has 152 valence electrons. The molecule has 0 spiro atoms. The lowest BCUT2D eigenvalue weighted by Gasteiger charge is -2.09. The standard InChI is InChI=1S/C20H26N2O5S/c1-3-26-17-6-8-18(9-7-17)27-15-14-21-20(23)12-13-22-28(24,25)19-10-4-16(2)5-11-19/h4-11,22H,3,12-15H2,1-2H3,(H,21,23). The van der Waals surface area contributed by atoms with Crippen LogP contribution in [0.5, 0.6) is 11.5 Å². The number of carbonyl (C=O) groups excluding carboxylic acids is 1. The maximum Gasteiger partial charge on any atom is 0.240 e. The topological polar surface area (TPSA) is 93.7 Å². The Morgan fingerprint density at radius 2 is 1.54 bits per heavy atom.